The summed E-state index contributed by atoms with van der Waals surface area (Å²) in [7, 11) is 0. The summed E-state index contributed by atoms with van der Waals surface area (Å²) < 4.78 is 7.04. The molecule has 0 spiro atoms. The third-order valence-corrected chi connectivity index (χ3v) is 11.3. The minimum absolute atomic E-state index is 0.640. The minimum atomic E-state index is -0.640. The Morgan fingerprint density at radius 2 is 1.50 bits per heavy atom. The van der Waals surface area contributed by atoms with Crippen molar-refractivity contribution in [1.82, 2.24) is 0 Å². The van der Waals surface area contributed by atoms with E-state index in [1.165, 1.54) is 54.4 Å². The summed E-state index contributed by atoms with van der Waals surface area (Å²) in [4.78, 5) is 7.61. The lowest BCUT2D eigenvalue weighted by atomic mass is 9.87. The van der Waals surface area contributed by atoms with Gasteiger partial charge in [-0.2, -0.15) is 0 Å². The minimum Gasteiger partial charge on any atom is -0.472 e. The molecule has 2 aliphatic heterocycles. The third kappa shape index (κ3) is 3.95. The number of rotatable bonds is 5. The summed E-state index contributed by atoms with van der Waals surface area (Å²) in [5.74, 6) is 0.926. The molecule has 1 saturated heterocycles. The first kappa shape index (κ1) is 24.2. The van der Waals surface area contributed by atoms with Crippen molar-refractivity contribution in [3.05, 3.63) is 124 Å². The largest absolute Gasteiger partial charge is 0.472 e. The summed E-state index contributed by atoms with van der Waals surface area (Å²) in [5.41, 5.74) is 4.24. The van der Waals surface area contributed by atoms with Crippen molar-refractivity contribution in [2.24, 2.45) is 0 Å². The van der Waals surface area contributed by atoms with Crippen LogP contribution in [0.2, 0.25) is 0 Å². The summed E-state index contributed by atoms with van der Waals surface area (Å²) in [6, 6.07) is 33.2. The highest BCUT2D eigenvalue weighted by Gasteiger charge is 2.38. The van der Waals surface area contributed by atoms with Gasteiger partial charge in [-0.05, 0) is 101 Å². The van der Waals surface area contributed by atoms with E-state index in [4.69, 9.17) is 4.74 Å². The number of nitrogens with zero attached hydrogens (tertiary/aromatic N) is 1. The first-order valence-corrected chi connectivity index (χ1v) is 16.3. The molecule has 1 atom stereocenters. The fraction of sp³-hybridized carbons (Fsp3) is 0.143. The number of fused-ring (bicyclic) bond motifs is 3. The maximum atomic E-state index is 7.04. The lowest BCUT2D eigenvalue weighted by Crippen LogP contribution is -2.33. The van der Waals surface area contributed by atoms with Crippen LogP contribution in [0.5, 0.6) is 5.75 Å². The van der Waals surface area contributed by atoms with Crippen LogP contribution in [0.25, 0.3) is 37.0 Å². The van der Waals surface area contributed by atoms with Crippen LogP contribution in [-0.4, -0.2) is 13.1 Å². The lowest BCUT2D eigenvalue weighted by Gasteiger charge is -2.35. The van der Waals surface area contributed by atoms with E-state index in [0.717, 1.165) is 30.0 Å². The van der Waals surface area contributed by atoms with Crippen molar-refractivity contribution >= 4 is 56.5 Å². The van der Waals surface area contributed by atoms with Gasteiger partial charge in [0.2, 0.25) is 0 Å². The Hall–Kier alpha value is -3.64. The predicted octanol–water partition coefficient (Wildman–Crippen LogP) is 10.3. The Labute approximate surface area is 246 Å². The maximum Gasteiger partial charge on any atom is 0.187 e. The highest BCUT2D eigenvalue weighted by molar-refractivity contribution is 7.23. The van der Waals surface area contributed by atoms with Crippen LogP contribution < -0.4 is 9.64 Å². The second-order valence-electron chi connectivity index (χ2n) is 10.4. The molecule has 8 rings (SSSR count). The molecule has 0 aliphatic carbocycles. The van der Waals surface area contributed by atoms with Gasteiger partial charge in [0.25, 0.3) is 0 Å². The van der Waals surface area contributed by atoms with Crippen LogP contribution >= 0.6 is 34.0 Å². The maximum absolute atomic E-state index is 7.04. The van der Waals surface area contributed by atoms with E-state index in [1.807, 2.05) is 11.3 Å². The molecule has 3 aromatic heterocycles. The fourth-order valence-electron chi connectivity index (χ4n) is 6.09. The van der Waals surface area contributed by atoms with Crippen LogP contribution in [-0.2, 0) is 5.60 Å². The molecule has 2 aliphatic rings. The Bertz CT molecular complexity index is 1820. The van der Waals surface area contributed by atoms with Gasteiger partial charge in [0.1, 0.15) is 5.75 Å². The molecule has 5 heterocycles. The molecular formula is C35H27NOS3. The van der Waals surface area contributed by atoms with Crippen molar-refractivity contribution in [1.29, 1.82) is 0 Å². The monoisotopic (exact) mass is 573 g/mol. The molecule has 196 valence electrons. The topological polar surface area (TPSA) is 12.5 Å². The summed E-state index contributed by atoms with van der Waals surface area (Å²) >= 11 is 5.40. The Balaban J connectivity index is 1.20. The second-order valence-corrected chi connectivity index (χ2v) is 13.4. The van der Waals surface area contributed by atoms with E-state index in [1.54, 1.807) is 22.7 Å². The highest BCUT2D eigenvalue weighted by atomic mass is 32.1. The van der Waals surface area contributed by atoms with E-state index in [0.29, 0.717) is 0 Å². The Morgan fingerprint density at radius 1 is 0.675 bits per heavy atom. The smallest absolute Gasteiger partial charge is 0.187 e. The average Bonchev–Trinajstić information content (AvgIpc) is 3.84. The van der Waals surface area contributed by atoms with Crippen molar-refractivity contribution in [3.8, 4) is 25.9 Å². The molecule has 1 fully saturated rings. The van der Waals surface area contributed by atoms with Crippen molar-refractivity contribution in [3.63, 3.8) is 0 Å². The van der Waals surface area contributed by atoms with Gasteiger partial charge in [-0.3, -0.25) is 0 Å². The van der Waals surface area contributed by atoms with Crippen molar-refractivity contribution < 1.29 is 4.74 Å². The van der Waals surface area contributed by atoms with Gasteiger partial charge >= 0.3 is 0 Å². The van der Waals surface area contributed by atoms with Gasteiger partial charge < -0.3 is 9.64 Å². The van der Waals surface area contributed by atoms with Gasteiger partial charge in [-0.1, -0.05) is 42.5 Å². The molecule has 0 N–H and O–H groups in total. The van der Waals surface area contributed by atoms with E-state index in [9.17, 15) is 0 Å². The van der Waals surface area contributed by atoms with Crippen LogP contribution in [0.4, 0.5) is 5.69 Å². The standard InChI is InChI=1S/C35H27NOS3/c1-2-21-36(20-1)25-12-10-24(11-13-25)35(34-9-5-23-39-34)19-18-28-26-6-3-7-29(27(26)14-15-30(28)37-35)31-16-17-33(40-31)32-8-4-22-38-32/h3-19,22-23H,1-2,20-21H2. The number of hydrogen-bond acceptors (Lipinski definition) is 5. The molecule has 0 amide bonds. The van der Waals surface area contributed by atoms with Gasteiger partial charge in [-0.15, -0.1) is 34.0 Å². The highest BCUT2D eigenvalue weighted by Crippen LogP contribution is 2.47. The molecule has 0 saturated carbocycles. The summed E-state index contributed by atoms with van der Waals surface area (Å²) in [6.07, 6.45) is 7.10. The van der Waals surface area contributed by atoms with Crippen LogP contribution in [0.3, 0.4) is 0 Å². The molecule has 2 nitrogen and oxygen atoms in total. The van der Waals surface area contributed by atoms with E-state index >= 15 is 0 Å². The van der Waals surface area contributed by atoms with Crippen molar-refractivity contribution in [2.75, 3.05) is 18.0 Å². The van der Waals surface area contributed by atoms with Crippen molar-refractivity contribution in [2.45, 2.75) is 18.4 Å². The zero-order chi connectivity index (χ0) is 26.5. The SMILES string of the molecule is C1=CC(c2ccc(N3CCCC3)cc2)(c2cccs2)Oc2ccc3c(-c4ccc(-c5cccs5)s4)cccc3c21. The number of thiophene rings is 3. The van der Waals surface area contributed by atoms with Crippen LogP contribution in [0, 0.1) is 0 Å². The van der Waals surface area contributed by atoms with Crippen LogP contribution in [0.1, 0.15) is 28.8 Å². The predicted molar refractivity (Wildman–Crippen MR) is 173 cm³/mol. The van der Waals surface area contributed by atoms with Gasteiger partial charge in [0, 0.05) is 44.5 Å². The van der Waals surface area contributed by atoms with Gasteiger partial charge in [0.15, 0.2) is 5.60 Å². The Kier molecular flexibility index (Phi) is 5.91. The number of ether oxygens (including phenoxy) is 1. The molecular weight excluding hydrogens is 547 g/mol. The van der Waals surface area contributed by atoms with E-state index in [-0.39, 0.29) is 0 Å². The lowest BCUT2D eigenvalue weighted by molar-refractivity contribution is 0.165. The third-order valence-electron chi connectivity index (χ3n) is 8.11. The quantitative estimate of drug-likeness (QED) is 0.203. The fourth-order valence-corrected chi connectivity index (χ4v) is 8.84. The molecule has 5 heteroatoms. The number of hydrogen-bond donors (Lipinski definition) is 0. The number of benzene rings is 3. The second kappa shape index (κ2) is 9.77. The zero-order valence-electron chi connectivity index (χ0n) is 21.9. The number of anilines is 1. The first-order valence-electron chi connectivity index (χ1n) is 13.8. The Morgan fingerprint density at radius 3 is 2.30 bits per heavy atom. The summed E-state index contributed by atoms with van der Waals surface area (Å²) in [5, 5.41) is 6.76. The molecule has 0 bridgehead atoms. The van der Waals surface area contributed by atoms with Crippen LogP contribution in [0.15, 0.2) is 108 Å². The molecule has 0 radical (unpaired) electrons. The molecule has 1 unspecified atom stereocenters. The normalized spacial score (nSPS) is 18.2. The molecule has 3 aromatic carbocycles. The molecule has 6 aromatic rings. The average molecular weight is 574 g/mol. The summed E-state index contributed by atoms with van der Waals surface area (Å²) in [6.45, 7) is 2.30. The first-order chi connectivity index (χ1) is 19.8. The zero-order valence-corrected chi connectivity index (χ0v) is 24.3. The van der Waals surface area contributed by atoms with Gasteiger partial charge in [-0.25, -0.2) is 0 Å². The molecule has 40 heavy (non-hydrogen) atoms. The van der Waals surface area contributed by atoms with E-state index < -0.39 is 5.60 Å². The van der Waals surface area contributed by atoms with E-state index in [2.05, 4.69) is 119 Å². The van der Waals surface area contributed by atoms with Gasteiger partial charge in [0.05, 0.1) is 4.88 Å².